The van der Waals surface area contributed by atoms with Crippen LogP contribution in [-0.2, 0) is 4.84 Å². The monoisotopic (exact) mass is 369 g/mol. The average Bonchev–Trinajstić information content (AvgIpc) is 3.16. The number of urea groups is 1. The van der Waals surface area contributed by atoms with Crippen molar-refractivity contribution in [3.8, 4) is 11.8 Å². The SMILES string of the molecule is CC(C#Cc1cccc(C2CC(c3ccc(F)cc3)ON2)c1)N(O)C(N)=O. The molecule has 4 N–H and O–H groups in total. The third kappa shape index (κ3) is 4.63. The molecule has 0 spiro atoms. The minimum absolute atomic E-state index is 0.0285. The Balaban J connectivity index is 1.69. The highest BCUT2D eigenvalue weighted by Gasteiger charge is 2.28. The van der Waals surface area contributed by atoms with Gasteiger partial charge < -0.3 is 5.73 Å². The van der Waals surface area contributed by atoms with Crippen LogP contribution in [0, 0.1) is 17.7 Å². The maximum Gasteiger partial charge on any atom is 0.339 e. The van der Waals surface area contributed by atoms with Crippen molar-refractivity contribution in [3.05, 3.63) is 71.0 Å². The van der Waals surface area contributed by atoms with E-state index >= 15 is 0 Å². The molecule has 3 unspecified atom stereocenters. The van der Waals surface area contributed by atoms with Crippen LogP contribution >= 0.6 is 0 Å². The molecule has 2 aromatic rings. The van der Waals surface area contributed by atoms with E-state index < -0.39 is 12.1 Å². The number of hydrogen-bond acceptors (Lipinski definition) is 4. The molecule has 7 heteroatoms. The number of nitrogens with one attached hydrogen (secondary N) is 1. The molecule has 2 aromatic carbocycles. The van der Waals surface area contributed by atoms with Gasteiger partial charge in [-0.05, 0) is 42.3 Å². The maximum atomic E-state index is 13.1. The Hall–Kier alpha value is -2.92. The number of amides is 2. The quantitative estimate of drug-likeness (QED) is 0.441. The number of carbonyl (C=O) groups is 1. The molecule has 0 aromatic heterocycles. The highest BCUT2D eigenvalue weighted by molar-refractivity contribution is 5.71. The molecule has 0 radical (unpaired) electrons. The van der Waals surface area contributed by atoms with Crippen LogP contribution in [0.2, 0.25) is 0 Å². The van der Waals surface area contributed by atoms with E-state index in [0.29, 0.717) is 11.5 Å². The Labute approximate surface area is 156 Å². The van der Waals surface area contributed by atoms with E-state index in [4.69, 9.17) is 10.6 Å². The van der Waals surface area contributed by atoms with Crippen molar-refractivity contribution in [2.24, 2.45) is 5.73 Å². The van der Waals surface area contributed by atoms with Gasteiger partial charge in [-0.3, -0.25) is 10.0 Å². The van der Waals surface area contributed by atoms with E-state index in [-0.39, 0.29) is 18.0 Å². The van der Waals surface area contributed by atoms with Crippen LogP contribution in [0.15, 0.2) is 48.5 Å². The van der Waals surface area contributed by atoms with Gasteiger partial charge in [0.2, 0.25) is 0 Å². The van der Waals surface area contributed by atoms with Crippen molar-refractivity contribution in [1.29, 1.82) is 0 Å². The van der Waals surface area contributed by atoms with Crippen molar-refractivity contribution >= 4 is 6.03 Å². The van der Waals surface area contributed by atoms with E-state index in [1.165, 1.54) is 12.1 Å². The van der Waals surface area contributed by atoms with Crippen LogP contribution in [-0.4, -0.2) is 22.3 Å². The lowest BCUT2D eigenvalue weighted by Crippen LogP contribution is -2.38. The van der Waals surface area contributed by atoms with Crippen molar-refractivity contribution in [2.45, 2.75) is 31.5 Å². The summed E-state index contributed by atoms with van der Waals surface area (Å²) in [7, 11) is 0. The molecule has 0 bridgehead atoms. The molecule has 2 amide bonds. The molecular formula is C20H20FN3O3. The normalized spacial score (nSPS) is 19.8. The lowest BCUT2D eigenvalue weighted by Gasteiger charge is -2.14. The summed E-state index contributed by atoms with van der Waals surface area (Å²) in [5.74, 6) is 5.42. The van der Waals surface area contributed by atoms with Crippen LogP contribution in [0.25, 0.3) is 0 Å². The number of hydrogen-bond donors (Lipinski definition) is 3. The average molecular weight is 369 g/mol. The number of halogens is 1. The fourth-order valence-corrected chi connectivity index (χ4v) is 2.83. The smallest absolute Gasteiger partial charge is 0.339 e. The third-order valence-corrected chi connectivity index (χ3v) is 4.35. The van der Waals surface area contributed by atoms with Gasteiger partial charge in [0.25, 0.3) is 0 Å². The Morgan fingerprint density at radius 2 is 2.07 bits per heavy atom. The predicted molar refractivity (Wildman–Crippen MR) is 96.7 cm³/mol. The second-order valence-electron chi connectivity index (χ2n) is 6.32. The van der Waals surface area contributed by atoms with Crippen LogP contribution in [0.5, 0.6) is 0 Å². The minimum atomic E-state index is -0.954. The summed E-state index contributed by atoms with van der Waals surface area (Å²) in [5.41, 5.74) is 10.7. The topological polar surface area (TPSA) is 87.8 Å². The lowest BCUT2D eigenvalue weighted by atomic mass is 9.97. The maximum absolute atomic E-state index is 13.1. The molecule has 1 aliphatic heterocycles. The number of nitrogens with two attached hydrogens (primary N) is 1. The predicted octanol–water partition coefficient (Wildman–Crippen LogP) is 3.04. The molecule has 27 heavy (non-hydrogen) atoms. The van der Waals surface area contributed by atoms with E-state index in [9.17, 15) is 14.4 Å². The fraction of sp³-hybridized carbons (Fsp3) is 0.250. The van der Waals surface area contributed by atoms with Gasteiger partial charge in [-0.15, -0.1) is 0 Å². The molecule has 1 heterocycles. The van der Waals surface area contributed by atoms with Gasteiger partial charge in [-0.2, -0.15) is 10.5 Å². The van der Waals surface area contributed by atoms with Crippen LogP contribution in [0.3, 0.4) is 0 Å². The molecule has 0 aliphatic carbocycles. The summed E-state index contributed by atoms with van der Waals surface area (Å²) in [6.07, 6.45) is 0.536. The standard InChI is InChI=1S/C20H20FN3O3/c1-13(24(26)20(22)25)5-6-14-3-2-4-16(11-14)18-12-19(27-23-18)15-7-9-17(21)10-8-15/h2-4,7-11,13,18-19,23,26H,12H2,1H3,(H2,22,25). The van der Waals surface area contributed by atoms with E-state index in [0.717, 1.165) is 16.7 Å². The molecule has 1 aliphatic rings. The zero-order valence-electron chi connectivity index (χ0n) is 14.7. The van der Waals surface area contributed by atoms with Gasteiger partial charge in [-0.1, -0.05) is 36.1 Å². The zero-order chi connectivity index (χ0) is 19.4. The molecule has 1 fully saturated rings. The van der Waals surface area contributed by atoms with Crippen molar-refractivity contribution in [1.82, 2.24) is 10.5 Å². The molecule has 3 atom stereocenters. The highest BCUT2D eigenvalue weighted by Crippen LogP contribution is 2.34. The number of hydroxylamine groups is 3. The van der Waals surface area contributed by atoms with Gasteiger partial charge >= 0.3 is 6.03 Å². The third-order valence-electron chi connectivity index (χ3n) is 4.35. The molecule has 1 saturated heterocycles. The summed E-state index contributed by atoms with van der Waals surface area (Å²) >= 11 is 0. The summed E-state index contributed by atoms with van der Waals surface area (Å²) in [4.78, 5) is 16.6. The van der Waals surface area contributed by atoms with Gasteiger partial charge in [0, 0.05) is 12.0 Å². The second kappa shape index (κ2) is 8.18. The molecule has 3 rings (SSSR count). The van der Waals surface area contributed by atoms with E-state index in [1.807, 2.05) is 24.3 Å². The van der Waals surface area contributed by atoms with Gasteiger partial charge in [0.15, 0.2) is 0 Å². The van der Waals surface area contributed by atoms with Crippen molar-refractivity contribution in [3.63, 3.8) is 0 Å². The summed E-state index contributed by atoms with van der Waals surface area (Å²) in [6.45, 7) is 1.57. The summed E-state index contributed by atoms with van der Waals surface area (Å²) < 4.78 is 13.1. The Kier molecular flexibility index (Phi) is 5.72. The molecule has 0 saturated carbocycles. The van der Waals surface area contributed by atoms with E-state index in [1.54, 1.807) is 19.1 Å². The molecule has 140 valence electrons. The number of primary amides is 1. The Bertz CT molecular complexity index is 876. The Morgan fingerprint density at radius 3 is 2.78 bits per heavy atom. The van der Waals surface area contributed by atoms with Crippen LogP contribution in [0.4, 0.5) is 9.18 Å². The van der Waals surface area contributed by atoms with Crippen LogP contribution in [0.1, 0.15) is 42.2 Å². The number of carbonyl (C=O) groups excluding carboxylic acids is 1. The first-order valence-corrected chi connectivity index (χ1v) is 8.49. The van der Waals surface area contributed by atoms with Gasteiger partial charge in [0.05, 0.1) is 6.04 Å². The first kappa shape index (κ1) is 18.9. The largest absolute Gasteiger partial charge is 0.350 e. The first-order chi connectivity index (χ1) is 12.9. The highest BCUT2D eigenvalue weighted by atomic mass is 19.1. The fourth-order valence-electron chi connectivity index (χ4n) is 2.83. The number of nitrogens with zero attached hydrogens (tertiary/aromatic N) is 1. The molecular weight excluding hydrogens is 349 g/mol. The summed E-state index contributed by atoms with van der Waals surface area (Å²) in [5, 5.41) is 9.85. The first-order valence-electron chi connectivity index (χ1n) is 8.49. The van der Waals surface area contributed by atoms with Gasteiger partial charge in [0.1, 0.15) is 18.0 Å². The van der Waals surface area contributed by atoms with Crippen molar-refractivity contribution < 1.29 is 19.2 Å². The summed E-state index contributed by atoms with van der Waals surface area (Å²) in [6, 6.07) is 12.2. The lowest BCUT2D eigenvalue weighted by molar-refractivity contribution is -0.0536. The van der Waals surface area contributed by atoms with Gasteiger partial charge in [-0.25, -0.2) is 9.18 Å². The van der Waals surface area contributed by atoms with Crippen LogP contribution < -0.4 is 11.2 Å². The number of rotatable bonds is 3. The second-order valence-corrected chi connectivity index (χ2v) is 6.32. The zero-order valence-corrected chi connectivity index (χ0v) is 14.7. The van der Waals surface area contributed by atoms with E-state index in [2.05, 4.69) is 17.3 Å². The molecule has 6 nitrogen and oxygen atoms in total. The van der Waals surface area contributed by atoms with Crippen molar-refractivity contribution in [2.75, 3.05) is 0 Å². The number of benzene rings is 2. The minimum Gasteiger partial charge on any atom is -0.350 e. The Morgan fingerprint density at radius 1 is 1.33 bits per heavy atom.